The number of rotatable bonds is 12. The quantitative estimate of drug-likeness (QED) is 0.0776. The molecule has 322 valence electrons. The van der Waals surface area contributed by atoms with Gasteiger partial charge in [-0.3, -0.25) is 14.1 Å². The molecule has 6 rings (SSSR count). The maximum Gasteiger partial charge on any atom is 0.509 e. The molecule has 59 heavy (non-hydrogen) atoms. The highest BCUT2D eigenvalue weighted by Gasteiger charge is 2.74. The minimum absolute atomic E-state index is 0.0321. The molecule has 2 aromatic carbocycles. The van der Waals surface area contributed by atoms with Gasteiger partial charge in [0, 0.05) is 29.7 Å². The fourth-order valence-electron chi connectivity index (χ4n) is 10.0. The van der Waals surface area contributed by atoms with E-state index in [4.69, 9.17) is 23.7 Å². The van der Waals surface area contributed by atoms with Crippen molar-refractivity contribution in [1.29, 1.82) is 0 Å². The molecular formula is C41H52NO16P. The number of ketones is 1. The number of ether oxygens (including phenoxy) is 5. The Labute approximate surface area is 341 Å². The molecule has 9 unspecified atom stereocenters. The second-order valence-corrected chi connectivity index (χ2v) is 17.7. The number of aliphatic hydroxyl groups excluding tert-OH is 1. The van der Waals surface area contributed by atoms with Crippen LogP contribution in [0.15, 0.2) is 71.8 Å². The average molecular weight is 846 g/mol. The van der Waals surface area contributed by atoms with Crippen LogP contribution < -0.4 is 5.32 Å². The molecule has 1 saturated heterocycles. The van der Waals surface area contributed by atoms with Gasteiger partial charge in [0.05, 0.1) is 36.4 Å². The lowest BCUT2D eigenvalue weighted by molar-refractivity contribution is -0.341. The Morgan fingerprint density at radius 1 is 1.02 bits per heavy atom. The number of carbonyl (C=O) groups excluding carboxylic acids is 4. The zero-order chi connectivity index (χ0) is 43.3. The van der Waals surface area contributed by atoms with Gasteiger partial charge in [0.1, 0.15) is 23.9 Å². The third-order valence-electron chi connectivity index (χ3n) is 13.1. The van der Waals surface area contributed by atoms with Gasteiger partial charge in [-0.15, -0.1) is 0 Å². The van der Waals surface area contributed by atoms with Crippen molar-refractivity contribution in [2.45, 2.75) is 102 Å². The Hall–Kier alpha value is -4.03. The summed E-state index contributed by atoms with van der Waals surface area (Å²) in [7, 11) is -4.99. The molecule has 1 heterocycles. The molecule has 2 aromatic rings. The third kappa shape index (κ3) is 7.88. The zero-order valence-electron chi connectivity index (χ0n) is 33.6. The standard InChI is InChI=1S/C41H52NO16P/c1-7-53-37(47)58-32(30(24-14-10-8-11-15-24)42-35(45)25-16-12-9-13-17-25)36(46)57-26-19-41(49)23(3)33-39(6,34(44)31(43)29(22(26)2)38(41,4)5)27(55-21-56-59(50,51)52)18-28-40(33,48)20-54-28/h8-17,23,26-28,30-33,43,48-49H,7,18-21H2,1-6H3,(H,42,45)(H2,50,51,52)/t23?,26?,27?,28?,30?,31?,32?,33?,39-,40+,41?/m1/s1. The first-order valence-corrected chi connectivity index (χ1v) is 20.9. The van der Waals surface area contributed by atoms with Crippen molar-refractivity contribution in [3.05, 3.63) is 82.9 Å². The van der Waals surface area contributed by atoms with Crippen molar-refractivity contribution in [1.82, 2.24) is 5.32 Å². The monoisotopic (exact) mass is 845 g/mol. The number of esters is 1. The number of fused-ring (bicyclic) bond motifs is 5. The molecule has 2 saturated carbocycles. The summed E-state index contributed by atoms with van der Waals surface area (Å²) in [5, 5.41) is 40.4. The van der Waals surface area contributed by atoms with Gasteiger partial charge in [-0.05, 0) is 55.5 Å². The van der Waals surface area contributed by atoms with E-state index >= 15 is 0 Å². The highest BCUT2D eigenvalue weighted by molar-refractivity contribution is 7.46. The summed E-state index contributed by atoms with van der Waals surface area (Å²) in [6.45, 7) is 8.20. The topological polar surface area (TPSA) is 254 Å². The van der Waals surface area contributed by atoms with E-state index in [1.165, 1.54) is 20.8 Å². The van der Waals surface area contributed by atoms with Gasteiger partial charge in [-0.25, -0.2) is 14.2 Å². The van der Waals surface area contributed by atoms with Crippen LogP contribution >= 0.6 is 7.82 Å². The minimum Gasteiger partial charge on any atom is -0.455 e. The molecule has 11 atom stereocenters. The number of hydrogen-bond acceptors (Lipinski definition) is 14. The molecule has 4 aliphatic rings. The SMILES string of the molecule is CCOC(=O)OC(C(=O)OC1CC2(O)C(C)C3[C@]4(O)COC4CC(OCOP(=O)(O)O)[C@@]3(C)C(=O)C(O)C(=C1C)C2(C)C)C(NC(=O)c1ccccc1)c1ccccc1. The first-order chi connectivity index (χ1) is 27.6. The molecule has 1 amide bonds. The van der Waals surface area contributed by atoms with E-state index in [0.717, 1.165) is 0 Å². The first-order valence-electron chi connectivity index (χ1n) is 19.4. The molecule has 3 aliphatic carbocycles. The van der Waals surface area contributed by atoms with E-state index in [0.29, 0.717) is 5.56 Å². The molecule has 0 spiro atoms. The number of Topliss-reactive ketones (excluding diaryl/α,β-unsaturated/α-hetero) is 1. The molecule has 17 nitrogen and oxygen atoms in total. The van der Waals surface area contributed by atoms with Crippen molar-refractivity contribution in [3.8, 4) is 0 Å². The molecular weight excluding hydrogens is 793 g/mol. The van der Waals surface area contributed by atoms with Gasteiger partial charge in [0.25, 0.3) is 5.91 Å². The van der Waals surface area contributed by atoms with Crippen molar-refractivity contribution in [2.75, 3.05) is 20.0 Å². The third-order valence-corrected chi connectivity index (χ3v) is 13.5. The number of amides is 1. The van der Waals surface area contributed by atoms with E-state index in [1.807, 2.05) is 0 Å². The summed E-state index contributed by atoms with van der Waals surface area (Å²) in [5.74, 6) is -4.80. The predicted molar refractivity (Wildman–Crippen MR) is 205 cm³/mol. The van der Waals surface area contributed by atoms with E-state index in [1.54, 1.807) is 81.4 Å². The number of phosphoric acid groups is 1. The van der Waals surface area contributed by atoms with Crippen LogP contribution in [0.3, 0.4) is 0 Å². The Morgan fingerprint density at radius 3 is 2.22 bits per heavy atom. The number of aliphatic hydroxyl groups is 3. The van der Waals surface area contributed by atoms with Crippen molar-refractivity contribution >= 4 is 31.6 Å². The van der Waals surface area contributed by atoms with E-state index in [-0.39, 0.29) is 42.8 Å². The predicted octanol–water partition coefficient (Wildman–Crippen LogP) is 3.28. The summed E-state index contributed by atoms with van der Waals surface area (Å²) >= 11 is 0. The average Bonchev–Trinajstić information content (AvgIpc) is 3.17. The first kappa shape index (κ1) is 44.5. The molecule has 2 bridgehead atoms. The van der Waals surface area contributed by atoms with Crippen molar-refractivity contribution in [2.24, 2.45) is 22.7 Å². The van der Waals surface area contributed by atoms with E-state index in [9.17, 15) is 48.8 Å². The second-order valence-electron chi connectivity index (χ2n) is 16.5. The Bertz CT molecular complexity index is 2010. The number of benzene rings is 2. The fraction of sp³-hybridized carbons (Fsp3) is 0.561. The summed E-state index contributed by atoms with van der Waals surface area (Å²) in [6.07, 6.45) is -8.98. The zero-order valence-corrected chi connectivity index (χ0v) is 34.5. The number of nitrogens with one attached hydrogen (secondary N) is 1. The van der Waals surface area contributed by atoms with Gasteiger partial charge >= 0.3 is 19.9 Å². The summed E-state index contributed by atoms with van der Waals surface area (Å²) < 4.78 is 44.3. The lowest BCUT2D eigenvalue weighted by atomic mass is 9.43. The van der Waals surface area contributed by atoms with E-state index in [2.05, 4.69) is 9.84 Å². The molecule has 1 aliphatic heterocycles. The molecule has 3 fully saturated rings. The molecule has 0 radical (unpaired) electrons. The largest absolute Gasteiger partial charge is 0.509 e. The van der Waals surface area contributed by atoms with Gasteiger partial charge in [-0.1, -0.05) is 69.3 Å². The molecule has 18 heteroatoms. The molecule has 0 aromatic heterocycles. The maximum absolute atomic E-state index is 14.9. The smallest absolute Gasteiger partial charge is 0.455 e. The fourth-order valence-corrected chi connectivity index (χ4v) is 10.2. The lowest BCUT2D eigenvalue weighted by Crippen LogP contribution is -2.79. The van der Waals surface area contributed by atoms with Crippen LogP contribution in [0.5, 0.6) is 0 Å². The van der Waals surface area contributed by atoms with Crippen LogP contribution in [0.4, 0.5) is 4.79 Å². The lowest BCUT2D eigenvalue weighted by Gasteiger charge is -2.67. The van der Waals surface area contributed by atoms with Gasteiger partial charge in [0.15, 0.2) is 12.6 Å². The van der Waals surface area contributed by atoms with Crippen molar-refractivity contribution < 1.29 is 77.1 Å². The van der Waals surface area contributed by atoms with Gasteiger partial charge in [-0.2, -0.15) is 0 Å². The van der Waals surface area contributed by atoms with Crippen LogP contribution in [0.25, 0.3) is 0 Å². The summed E-state index contributed by atoms with van der Waals surface area (Å²) in [5.41, 5.74) is -6.01. The van der Waals surface area contributed by atoms with Crippen LogP contribution in [0, 0.1) is 22.7 Å². The van der Waals surface area contributed by atoms with Crippen LogP contribution in [0.2, 0.25) is 0 Å². The normalized spacial score (nSPS) is 33.4. The van der Waals surface area contributed by atoms with Gasteiger partial charge < -0.3 is 54.1 Å². The Kier molecular flexibility index (Phi) is 12.4. The van der Waals surface area contributed by atoms with Crippen molar-refractivity contribution in [3.63, 3.8) is 0 Å². The maximum atomic E-state index is 14.9. The Morgan fingerprint density at radius 2 is 1.64 bits per heavy atom. The van der Waals surface area contributed by atoms with Crippen LogP contribution in [-0.4, -0.2) is 111 Å². The summed E-state index contributed by atoms with van der Waals surface area (Å²) in [4.78, 5) is 74.6. The highest BCUT2D eigenvalue weighted by Crippen LogP contribution is 2.65. The Balaban J connectivity index is 1.42. The van der Waals surface area contributed by atoms with Crippen LogP contribution in [-0.2, 0) is 42.4 Å². The van der Waals surface area contributed by atoms with E-state index < -0.39 is 109 Å². The minimum atomic E-state index is -4.99. The highest BCUT2D eigenvalue weighted by atomic mass is 31.2. The number of hydrogen-bond donors (Lipinski definition) is 6. The van der Waals surface area contributed by atoms with Crippen LogP contribution in [0.1, 0.15) is 76.3 Å². The number of carbonyl (C=O) groups is 4. The summed E-state index contributed by atoms with van der Waals surface area (Å²) in [6, 6.07) is 15.1. The van der Waals surface area contributed by atoms with Gasteiger partial charge in [0.2, 0.25) is 6.10 Å². The number of phosphoric ester groups is 1. The second kappa shape index (κ2) is 16.4. The molecule has 6 N–H and O–H groups in total.